The van der Waals surface area contributed by atoms with Gasteiger partial charge in [-0.3, -0.25) is 0 Å². The highest BCUT2D eigenvalue weighted by Crippen LogP contribution is 2.38. The highest BCUT2D eigenvalue weighted by Gasteiger charge is 2.26. The van der Waals surface area contributed by atoms with Crippen molar-refractivity contribution in [2.45, 2.75) is 38.5 Å². The van der Waals surface area contributed by atoms with Crippen molar-refractivity contribution in [3.05, 3.63) is 34.9 Å². The molecule has 1 aliphatic carbocycles. The average Bonchev–Trinajstić information content (AvgIpc) is 2.59. The predicted molar refractivity (Wildman–Crippen MR) is 94.3 cm³/mol. The van der Waals surface area contributed by atoms with Crippen LogP contribution in [0, 0.1) is 5.92 Å². The molecule has 1 heterocycles. The van der Waals surface area contributed by atoms with Gasteiger partial charge in [0.25, 0.3) is 0 Å². The zero-order chi connectivity index (χ0) is 16.2. The molecule has 3 rings (SSSR count). The second kappa shape index (κ2) is 7.39. The molecular formula is C20H29NO2. The quantitative estimate of drug-likeness (QED) is 0.765. The number of benzene rings is 1. The highest BCUT2D eigenvalue weighted by molar-refractivity contribution is 5.43. The van der Waals surface area contributed by atoms with Crippen molar-refractivity contribution in [3.8, 4) is 11.5 Å². The van der Waals surface area contributed by atoms with Gasteiger partial charge >= 0.3 is 0 Å². The lowest BCUT2D eigenvalue weighted by molar-refractivity contribution is 0.308. The van der Waals surface area contributed by atoms with E-state index in [-0.39, 0.29) is 0 Å². The molecule has 0 spiro atoms. The van der Waals surface area contributed by atoms with Gasteiger partial charge in [-0.2, -0.15) is 0 Å². The second-order valence-electron chi connectivity index (χ2n) is 6.93. The number of nitrogens with zero attached hydrogens (tertiary/aromatic N) is 1. The van der Waals surface area contributed by atoms with Crippen LogP contribution in [-0.4, -0.2) is 39.3 Å². The molecular weight excluding hydrogens is 286 g/mol. The van der Waals surface area contributed by atoms with Crippen LogP contribution < -0.4 is 9.47 Å². The normalized spacial score (nSPS) is 22.0. The summed E-state index contributed by atoms with van der Waals surface area (Å²) in [5.74, 6) is 2.45. The Morgan fingerprint density at radius 2 is 1.96 bits per heavy atom. The Kier molecular flexibility index (Phi) is 5.27. The van der Waals surface area contributed by atoms with Gasteiger partial charge in [-0.1, -0.05) is 17.2 Å². The molecule has 126 valence electrons. The van der Waals surface area contributed by atoms with Crippen LogP contribution in [0.3, 0.4) is 0 Å². The fraction of sp³-hybridized carbons (Fsp3) is 0.600. The van der Waals surface area contributed by atoms with Gasteiger partial charge in [0, 0.05) is 13.1 Å². The van der Waals surface area contributed by atoms with E-state index in [4.69, 9.17) is 9.47 Å². The van der Waals surface area contributed by atoms with Crippen molar-refractivity contribution in [1.82, 2.24) is 4.90 Å². The first-order valence-corrected chi connectivity index (χ1v) is 8.81. The molecule has 0 saturated carbocycles. The minimum Gasteiger partial charge on any atom is -0.493 e. The lowest BCUT2D eigenvalue weighted by Gasteiger charge is -2.36. The van der Waals surface area contributed by atoms with E-state index in [1.54, 1.807) is 25.4 Å². The molecule has 3 nitrogen and oxygen atoms in total. The minimum absolute atomic E-state index is 0.792. The first kappa shape index (κ1) is 16.4. The standard InChI is InChI=1S/C20H29NO2/c1-21-12-11-18-16(5-4-6-17(18)14-21)9-7-15-8-10-19(22-2)20(13-15)23-3/h8,10,13,16H,4-7,9,11-12,14H2,1-3H3. The van der Waals surface area contributed by atoms with Crippen LogP contribution in [0.25, 0.3) is 0 Å². The Bertz CT molecular complexity index is 579. The molecule has 2 aliphatic rings. The second-order valence-corrected chi connectivity index (χ2v) is 6.93. The fourth-order valence-electron chi connectivity index (χ4n) is 4.16. The van der Waals surface area contributed by atoms with Crippen LogP contribution in [0.1, 0.15) is 37.7 Å². The summed E-state index contributed by atoms with van der Waals surface area (Å²) < 4.78 is 10.8. The van der Waals surface area contributed by atoms with E-state index in [1.165, 1.54) is 50.8 Å². The highest BCUT2D eigenvalue weighted by atomic mass is 16.5. The summed E-state index contributed by atoms with van der Waals surface area (Å²) >= 11 is 0. The topological polar surface area (TPSA) is 21.7 Å². The summed E-state index contributed by atoms with van der Waals surface area (Å²) in [5.41, 5.74) is 4.88. The number of ether oxygens (including phenoxy) is 2. The van der Waals surface area contributed by atoms with Crippen molar-refractivity contribution in [3.63, 3.8) is 0 Å². The van der Waals surface area contributed by atoms with E-state index >= 15 is 0 Å². The molecule has 0 bridgehead atoms. The first-order chi connectivity index (χ1) is 11.2. The van der Waals surface area contributed by atoms with Crippen molar-refractivity contribution in [2.75, 3.05) is 34.4 Å². The van der Waals surface area contributed by atoms with E-state index in [1.807, 2.05) is 6.07 Å². The molecule has 1 aromatic rings. The number of methoxy groups -OCH3 is 2. The molecule has 1 atom stereocenters. The molecule has 0 fully saturated rings. The molecule has 23 heavy (non-hydrogen) atoms. The number of hydrogen-bond acceptors (Lipinski definition) is 3. The molecule has 1 aliphatic heterocycles. The van der Waals surface area contributed by atoms with Gasteiger partial charge in [0.1, 0.15) is 0 Å². The van der Waals surface area contributed by atoms with E-state index in [0.29, 0.717) is 0 Å². The third-order valence-electron chi connectivity index (χ3n) is 5.43. The van der Waals surface area contributed by atoms with Crippen molar-refractivity contribution in [2.24, 2.45) is 5.92 Å². The van der Waals surface area contributed by atoms with Gasteiger partial charge in [0.2, 0.25) is 0 Å². The third kappa shape index (κ3) is 3.72. The first-order valence-electron chi connectivity index (χ1n) is 8.81. The molecule has 1 unspecified atom stereocenters. The monoisotopic (exact) mass is 315 g/mol. The van der Waals surface area contributed by atoms with Crippen molar-refractivity contribution >= 4 is 0 Å². The van der Waals surface area contributed by atoms with Gasteiger partial charge in [0.15, 0.2) is 11.5 Å². The van der Waals surface area contributed by atoms with Gasteiger partial charge in [-0.15, -0.1) is 0 Å². The van der Waals surface area contributed by atoms with Crippen LogP contribution in [0.4, 0.5) is 0 Å². The van der Waals surface area contributed by atoms with Gasteiger partial charge in [0.05, 0.1) is 14.2 Å². The SMILES string of the molecule is COc1ccc(CCC2CCCC3=C2CCN(C)C3)cc1OC. The molecule has 3 heteroatoms. The molecule has 0 saturated heterocycles. The lowest BCUT2D eigenvalue weighted by atomic mass is 9.77. The zero-order valence-electron chi connectivity index (χ0n) is 14.7. The van der Waals surface area contributed by atoms with Gasteiger partial charge in [-0.25, -0.2) is 0 Å². The largest absolute Gasteiger partial charge is 0.493 e. The third-order valence-corrected chi connectivity index (χ3v) is 5.43. The number of likely N-dealkylation sites (N-methyl/N-ethyl adjacent to an activating group) is 1. The summed E-state index contributed by atoms with van der Waals surface area (Å²) in [4.78, 5) is 2.47. The lowest BCUT2D eigenvalue weighted by Crippen LogP contribution is -2.31. The predicted octanol–water partition coefficient (Wildman–Crippen LogP) is 4.07. The van der Waals surface area contributed by atoms with E-state index in [9.17, 15) is 0 Å². The van der Waals surface area contributed by atoms with Crippen LogP contribution in [-0.2, 0) is 6.42 Å². The summed E-state index contributed by atoms with van der Waals surface area (Å²) in [6.07, 6.45) is 7.73. The van der Waals surface area contributed by atoms with Crippen molar-refractivity contribution < 1.29 is 9.47 Å². The maximum Gasteiger partial charge on any atom is 0.160 e. The summed E-state index contributed by atoms with van der Waals surface area (Å²) in [6.45, 7) is 2.42. The van der Waals surface area contributed by atoms with E-state index in [2.05, 4.69) is 24.1 Å². The van der Waals surface area contributed by atoms with Crippen LogP contribution in [0.2, 0.25) is 0 Å². The Morgan fingerprint density at radius 3 is 2.74 bits per heavy atom. The Hall–Kier alpha value is -1.48. The summed E-state index contributed by atoms with van der Waals surface area (Å²) in [5, 5.41) is 0. The Morgan fingerprint density at radius 1 is 1.13 bits per heavy atom. The van der Waals surface area contributed by atoms with Crippen LogP contribution in [0.5, 0.6) is 11.5 Å². The average molecular weight is 315 g/mol. The number of hydrogen-bond donors (Lipinski definition) is 0. The fourth-order valence-corrected chi connectivity index (χ4v) is 4.16. The van der Waals surface area contributed by atoms with Crippen LogP contribution in [0.15, 0.2) is 29.3 Å². The van der Waals surface area contributed by atoms with E-state index < -0.39 is 0 Å². The Balaban J connectivity index is 1.67. The molecule has 0 N–H and O–H groups in total. The van der Waals surface area contributed by atoms with Crippen LogP contribution >= 0.6 is 0 Å². The summed E-state index contributed by atoms with van der Waals surface area (Å²) in [6, 6.07) is 6.33. The molecule has 0 radical (unpaired) electrons. The Labute approximate surface area is 140 Å². The molecule has 0 aromatic heterocycles. The van der Waals surface area contributed by atoms with Crippen molar-refractivity contribution in [1.29, 1.82) is 0 Å². The molecule has 0 amide bonds. The maximum atomic E-state index is 5.43. The van der Waals surface area contributed by atoms with Gasteiger partial charge < -0.3 is 14.4 Å². The maximum absolute atomic E-state index is 5.43. The minimum atomic E-state index is 0.792. The smallest absolute Gasteiger partial charge is 0.160 e. The number of rotatable bonds is 5. The molecule has 1 aromatic carbocycles. The van der Waals surface area contributed by atoms with Gasteiger partial charge in [-0.05, 0) is 69.2 Å². The summed E-state index contributed by atoms with van der Waals surface area (Å²) in [7, 11) is 5.64. The van der Waals surface area contributed by atoms with E-state index in [0.717, 1.165) is 23.8 Å². The number of aryl methyl sites for hydroxylation is 1. The zero-order valence-corrected chi connectivity index (χ0v) is 14.7.